The lowest BCUT2D eigenvalue weighted by Gasteiger charge is -2.19. The first kappa shape index (κ1) is 15.7. The topological polar surface area (TPSA) is 60.2 Å². The molecule has 0 amide bonds. The maximum absolute atomic E-state index is 10.3. The normalized spacial score (nSPS) is 15.1. The lowest BCUT2D eigenvalue weighted by atomic mass is 10.1. The van der Waals surface area contributed by atoms with Crippen LogP contribution in [0.25, 0.3) is 16.8 Å². The predicted molar refractivity (Wildman–Crippen MR) is 95.9 cm³/mol. The first-order valence-electron chi connectivity index (χ1n) is 7.83. The highest BCUT2D eigenvalue weighted by molar-refractivity contribution is 7.11. The van der Waals surface area contributed by atoms with E-state index in [9.17, 15) is 5.11 Å². The predicted octanol–water partition coefficient (Wildman–Crippen LogP) is 4.42. The molecule has 1 aromatic carbocycles. The molecule has 1 aliphatic rings. The Kier molecular flexibility index (Phi) is 4.48. The van der Waals surface area contributed by atoms with Gasteiger partial charge < -0.3 is 10.0 Å². The van der Waals surface area contributed by atoms with Crippen molar-refractivity contribution in [2.45, 2.75) is 20.3 Å². The lowest BCUT2D eigenvalue weighted by molar-refractivity contribution is 0.337. The zero-order valence-corrected chi connectivity index (χ0v) is 14.2. The fourth-order valence-corrected chi connectivity index (χ4v) is 3.49. The lowest BCUT2D eigenvalue weighted by Crippen LogP contribution is -2.28. The Balaban J connectivity index is 1.81. The molecule has 0 aliphatic carbocycles. The van der Waals surface area contributed by atoms with E-state index in [2.05, 4.69) is 18.8 Å². The summed E-state index contributed by atoms with van der Waals surface area (Å²) in [6.45, 7) is 5.55. The standard InChI is InChI=1S/C18H21N3OS/c1-12(2)8-9-21-10-15(22)16(17(21)19)18-20-14(11-23-18)13-6-4-3-5-7-13/h3-7,11-12,19,22H,8-10H2,1-2H3. The van der Waals surface area contributed by atoms with Crippen molar-refractivity contribution in [1.82, 2.24) is 9.88 Å². The Morgan fingerprint density at radius 2 is 2.04 bits per heavy atom. The summed E-state index contributed by atoms with van der Waals surface area (Å²) < 4.78 is 0. The molecule has 0 bridgehead atoms. The summed E-state index contributed by atoms with van der Waals surface area (Å²) >= 11 is 1.48. The van der Waals surface area contributed by atoms with Gasteiger partial charge in [-0.1, -0.05) is 44.2 Å². The Hall–Kier alpha value is -2.14. The first-order chi connectivity index (χ1) is 11.1. The second-order valence-electron chi connectivity index (χ2n) is 6.18. The van der Waals surface area contributed by atoms with Gasteiger partial charge in [0.15, 0.2) is 0 Å². The first-order valence-corrected chi connectivity index (χ1v) is 8.71. The molecule has 4 nitrogen and oxygen atoms in total. The number of aliphatic hydroxyl groups excluding tert-OH is 1. The molecule has 0 unspecified atom stereocenters. The van der Waals surface area contributed by atoms with Gasteiger partial charge in [0.25, 0.3) is 0 Å². The molecule has 1 aromatic heterocycles. The van der Waals surface area contributed by atoms with E-state index in [4.69, 9.17) is 5.41 Å². The van der Waals surface area contributed by atoms with E-state index in [1.165, 1.54) is 11.3 Å². The van der Waals surface area contributed by atoms with Gasteiger partial charge in [0.2, 0.25) is 0 Å². The average Bonchev–Trinajstić information content (AvgIpc) is 3.11. The molecule has 2 heterocycles. The van der Waals surface area contributed by atoms with E-state index >= 15 is 0 Å². The van der Waals surface area contributed by atoms with Crippen LogP contribution in [0.15, 0.2) is 41.5 Å². The number of nitrogens with zero attached hydrogens (tertiary/aromatic N) is 2. The quantitative estimate of drug-likeness (QED) is 0.854. The summed E-state index contributed by atoms with van der Waals surface area (Å²) in [6.07, 6.45) is 1.01. The van der Waals surface area contributed by atoms with Gasteiger partial charge in [0.1, 0.15) is 16.6 Å². The Morgan fingerprint density at radius 3 is 2.74 bits per heavy atom. The maximum atomic E-state index is 10.3. The van der Waals surface area contributed by atoms with Crippen molar-refractivity contribution < 1.29 is 5.11 Å². The molecule has 120 valence electrons. The van der Waals surface area contributed by atoms with Crippen LogP contribution in [0.2, 0.25) is 0 Å². The minimum absolute atomic E-state index is 0.257. The van der Waals surface area contributed by atoms with Crippen LogP contribution in [-0.2, 0) is 0 Å². The largest absolute Gasteiger partial charge is 0.510 e. The monoisotopic (exact) mass is 327 g/mol. The molecule has 3 rings (SSSR count). The summed E-state index contributed by atoms with van der Waals surface area (Å²) in [5.74, 6) is 1.23. The highest BCUT2D eigenvalue weighted by Crippen LogP contribution is 2.32. The second-order valence-corrected chi connectivity index (χ2v) is 7.04. The fraction of sp³-hybridized carbons (Fsp3) is 0.333. The van der Waals surface area contributed by atoms with Crippen LogP contribution in [0.5, 0.6) is 0 Å². The minimum Gasteiger partial charge on any atom is -0.510 e. The third-order valence-corrected chi connectivity index (χ3v) is 4.81. The fourth-order valence-electron chi connectivity index (χ4n) is 2.59. The van der Waals surface area contributed by atoms with Crippen molar-refractivity contribution in [2.24, 2.45) is 5.92 Å². The third kappa shape index (κ3) is 3.29. The average molecular weight is 327 g/mol. The van der Waals surface area contributed by atoms with Crippen LogP contribution in [0, 0.1) is 11.3 Å². The number of thiazole rings is 1. The van der Waals surface area contributed by atoms with Gasteiger partial charge in [-0.15, -0.1) is 11.3 Å². The van der Waals surface area contributed by atoms with E-state index in [1.807, 2.05) is 40.6 Å². The summed E-state index contributed by atoms with van der Waals surface area (Å²) in [7, 11) is 0. The summed E-state index contributed by atoms with van der Waals surface area (Å²) in [4.78, 5) is 6.55. The highest BCUT2D eigenvalue weighted by Gasteiger charge is 2.30. The molecule has 0 saturated heterocycles. The van der Waals surface area contributed by atoms with Crippen molar-refractivity contribution >= 4 is 22.7 Å². The number of benzene rings is 1. The van der Waals surface area contributed by atoms with Gasteiger partial charge in [-0.3, -0.25) is 5.41 Å². The summed E-state index contributed by atoms with van der Waals surface area (Å²) in [5.41, 5.74) is 2.52. The number of aliphatic hydroxyl groups is 1. The van der Waals surface area contributed by atoms with Gasteiger partial charge in [-0.2, -0.15) is 0 Å². The Bertz CT molecular complexity index is 734. The van der Waals surface area contributed by atoms with Crippen molar-refractivity contribution in [3.63, 3.8) is 0 Å². The van der Waals surface area contributed by atoms with Gasteiger partial charge in [0.05, 0.1) is 17.8 Å². The number of rotatable bonds is 5. The molecule has 23 heavy (non-hydrogen) atoms. The summed E-state index contributed by atoms with van der Waals surface area (Å²) in [5, 5.41) is 21.4. The molecular formula is C18H21N3OS. The van der Waals surface area contributed by atoms with E-state index in [-0.39, 0.29) is 5.76 Å². The molecule has 0 spiro atoms. The van der Waals surface area contributed by atoms with E-state index in [1.54, 1.807) is 0 Å². The van der Waals surface area contributed by atoms with Gasteiger partial charge in [0, 0.05) is 17.5 Å². The van der Waals surface area contributed by atoms with Crippen LogP contribution in [0.1, 0.15) is 25.3 Å². The zero-order valence-electron chi connectivity index (χ0n) is 13.4. The summed E-state index contributed by atoms with van der Waals surface area (Å²) in [6, 6.07) is 9.97. The Morgan fingerprint density at radius 1 is 1.30 bits per heavy atom. The van der Waals surface area contributed by atoms with E-state index < -0.39 is 0 Å². The number of nitrogens with one attached hydrogen (secondary N) is 1. The van der Waals surface area contributed by atoms with Crippen LogP contribution in [0.4, 0.5) is 0 Å². The van der Waals surface area contributed by atoms with Crippen LogP contribution in [0.3, 0.4) is 0 Å². The number of hydrogen-bond acceptors (Lipinski definition) is 4. The van der Waals surface area contributed by atoms with Gasteiger partial charge in [-0.25, -0.2) is 4.98 Å². The molecule has 1 aliphatic heterocycles. The van der Waals surface area contributed by atoms with E-state index in [0.29, 0.717) is 23.9 Å². The van der Waals surface area contributed by atoms with Gasteiger partial charge >= 0.3 is 0 Å². The molecule has 2 aromatic rings. The minimum atomic E-state index is 0.257. The molecule has 0 saturated carbocycles. The number of amidine groups is 1. The van der Waals surface area contributed by atoms with Crippen molar-refractivity contribution in [3.05, 3.63) is 46.5 Å². The smallest absolute Gasteiger partial charge is 0.135 e. The van der Waals surface area contributed by atoms with Crippen molar-refractivity contribution in [2.75, 3.05) is 13.1 Å². The number of aromatic nitrogens is 1. The highest BCUT2D eigenvalue weighted by atomic mass is 32.1. The van der Waals surface area contributed by atoms with Crippen molar-refractivity contribution in [1.29, 1.82) is 5.41 Å². The number of hydrogen-bond donors (Lipinski definition) is 2. The van der Waals surface area contributed by atoms with Crippen LogP contribution >= 0.6 is 11.3 Å². The Labute approximate surface area is 140 Å². The molecule has 2 N–H and O–H groups in total. The maximum Gasteiger partial charge on any atom is 0.135 e. The molecule has 5 heteroatoms. The van der Waals surface area contributed by atoms with Crippen LogP contribution < -0.4 is 0 Å². The zero-order chi connectivity index (χ0) is 16.4. The molecule has 0 atom stereocenters. The SMILES string of the molecule is CC(C)CCN1CC(O)=C(c2nc(-c3ccccc3)cs2)C1=N. The molecular weight excluding hydrogens is 306 g/mol. The van der Waals surface area contributed by atoms with Crippen molar-refractivity contribution in [3.8, 4) is 11.3 Å². The second kappa shape index (κ2) is 6.54. The van der Waals surface area contributed by atoms with E-state index in [0.717, 1.165) is 29.2 Å². The van der Waals surface area contributed by atoms with Gasteiger partial charge in [-0.05, 0) is 12.3 Å². The third-order valence-electron chi connectivity index (χ3n) is 3.95. The van der Waals surface area contributed by atoms with Crippen LogP contribution in [-0.4, -0.2) is 33.9 Å². The molecule has 0 radical (unpaired) electrons. The molecule has 0 fully saturated rings.